The van der Waals surface area contributed by atoms with Crippen LogP contribution in [0.25, 0.3) is 0 Å². The van der Waals surface area contributed by atoms with Crippen molar-refractivity contribution in [3.63, 3.8) is 0 Å². The topological polar surface area (TPSA) is 111 Å². The molecule has 1 aromatic rings. The van der Waals surface area contributed by atoms with Crippen LogP contribution in [0.5, 0.6) is 0 Å². The minimum Gasteiger partial charge on any atom is -0.383 e. The second kappa shape index (κ2) is 8.67. The largest absolute Gasteiger partial charge is 0.383 e. The van der Waals surface area contributed by atoms with E-state index in [-0.39, 0.29) is 17.8 Å². The third-order valence-electron chi connectivity index (χ3n) is 2.64. The number of ether oxygens (including phenoxy) is 1. The van der Waals surface area contributed by atoms with Gasteiger partial charge in [0.15, 0.2) is 0 Å². The lowest BCUT2D eigenvalue weighted by molar-refractivity contribution is -0.385. The number of nitrogens with one attached hydrogen (secondary N) is 2. The first-order valence-corrected chi connectivity index (χ1v) is 8.01. The molecule has 0 unspecified atom stereocenters. The monoisotopic (exact) mass is 317 g/mol. The minimum absolute atomic E-state index is 0.169. The van der Waals surface area contributed by atoms with Crippen LogP contribution in [0.4, 0.5) is 5.69 Å². The smallest absolute Gasteiger partial charge is 0.273 e. The van der Waals surface area contributed by atoms with Gasteiger partial charge in [-0.3, -0.25) is 10.1 Å². The lowest BCUT2D eigenvalue weighted by atomic mass is 10.2. The maximum absolute atomic E-state index is 11.9. The van der Waals surface area contributed by atoms with Gasteiger partial charge in [-0.1, -0.05) is 18.2 Å². The van der Waals surface area contributed by atoms with Gasteiger partial charge < -0.3 is 10.1 Å². The number of benzene rings is 1. The van der Waals surface area contributed by atoms with E-state index in [1.807, 2.05) is 0 Å². The van der Waals surface area contributed by atoms with Gasteiger partial charge in [-0.15, -0.1) is 0 Å². The van der Waals surface area contributed by atoms with E-state index < -0.39 is 20.7 Å². The molecular weight excluding hydrogens is 298 g/mol. The molecule has 0 saturated carbocycles. The first-order valence-electron chi connectivity index (χ1n) is 6.35. The van der Waals surface area contributed by atoms with Gasteiger partial charge in [0, 0.05) is 38.4 Å². The molecule has 2 N–H and O–H groups in total. The van der Waals surface area contributed by atoms with Crippen LogP contribution in [-0.2, 0) is 20.5 Å². The van der Waals surface area contributed by atoms with Crippen molar-refractivity contribution in [2.45, 2.75) is 5.75 Å². The van der Waals surface area contributed by atoms with Crippen molar-refractivity contribution in [2.75, 3.05) is 33.4 Å². The molecule has 0 atom stereocenters. The van der Waals surface area contributed by atoms with Crippen LogP contribution in [0.2, 0.25) is 0 Å². The van der Waals surface area contributed by atoms with Gasteiger partial charge in [0.1, 0.15) is 0 Å². The Kier molecular flexibility index (Phi) is 7.23. The van der Waals surface area contributed by atoms with Crippen LogP contribution in [0, 0.1) is 10.1 Å². The summed E-state index contributed by atoms with van der Waals surface area (Å²) in [6.45, 7) is 1.84. The highest BCUT2D eigenvalue weighted by Gasteiger charge is 2.19. The van der Waals surface area contributed by atoms with Crippen LogP contribution in [0.15, 0.2) is 24.3 Å². The molecule has 21 heavy (non-hydrogen) atoms. The molecule has 0 bridgehead atoms. The highest BCUT2D eigenvalue weighted by Crippen LogP contribution is 2.19. The Bertz CT molecular complexity index is 562. The van der Waals surface area contributed by atoms with Crippen molar-refractivity contribution in [2.24, 2.45) is 0 Å². The summed E-state index contributed by atoms with van der Waals surface area (Å²) in [5.41, 5.74) is -0.0246. The summed E-state index contributed by atoms with van der Waals surface area (Å²) in [5, 5.41) is 13.8. The number of sulfonamides is 1. The molecule has 1 aromatic carbocycles. The molecule has 0 radical (unpaired) electrons. The molecule has 9 heteroatoms. The van der Waals surface area contributed by atoms with Gasteiger partial charge in [0.2, 0.25) is 10.0 Å². The number of para-hydroxylation sites is 1. The van der Waals surface area contributed by atoms with E-state index >= 15 is 0 Å². The third-order valence-corrected chi connectivity index (χ3v) is 3.98. The normalized spacial score (nSPS) is 11.5. The number of rotatable bonds is 10. The van der Waals surface area contributed by atoms with Gasteiger partial charge in [-0.25, -0.2) is 13.1 Å². The fourth-order valence-corrected chi connectivity index (χ4v) is 2.83. The first-order chi connectivity index (χ1) is 9.96. The van der Waals surface area contributed by atoms with E-state index in [0.717, 1.165) is 0 Å². The standard InChI is InChI=1S/C12H19N3O5S/c1-20-9-8-13-6-7-14-21(18,19)10-11-4-2-3-5-12(11)15(16)17/h2-5,13-14H,6-10H2,1H3. The predicted molar refractivity (Wildman–Crippen MR) is 78.5 cm³/mol. The molecule has 0 spiro atoms. The number of hydrogen-bond acceptors (Lipinski definition) is 6. The van der Waals surface area contributed by atoms with Gasteiger partial charge in [0.25, 0.3) is 5.69 Å². The third kappa shape index (κ3) is 6.63. The molecule has 0 fully saturated rings. The molecule has 0 aliphatic rings. The summed E-state index contributed by atoms with van der Waals surface area (Å²) in [4.78, 5) is 10.3. The zero-order valence-corrected chi connectivity index (χ0v) is 12.6. The minimum atomic E-state index is -3.61. The molecule has 0 saturated heterocycles. The molecule has 0 heterocycles. The van der Waals surface area contributed by atoms with Gasteiger partial charge in [-0.2, -0.15) is 0 Å². The molecule has 0 aliphatic heterocycles. The number of methoxy groups -OCH3 is 1. The Labute approximate surface area is 123 Å². The molecule has 0 amide bonds. The number of hydrogen-bond donors (Lipinski definition) is 2. The van der Waals surface area contributed by atoms with Gasteiger partial charge in [-0.05, 0) is 0 Å². The van der Waals surface area contributed by atoms with Crippen molar-refractivity contribution >= 4 is 15.7 Å². The maximum atomic E-state index is 11.9. The maximum Gasteiger partial charge on any atom is 0.273 e. The van der Waals surface area contributed by atoms with E-state index in [1.165, 1.54) is 18.2 Å². The number of nitro groups is 1. The number of nitrogens with zero attached hydrogens (tertiary/aromatic N) is 1. The summed E-state index contributed by atoms with van der Waals surface area (Å²) < 4.78 is 31.0. The lowest BCUT2D eigenvalue weighted by Crippen LogP contribution is -2.33. The summed E-state index contributed by atoms with van der Waals surface area (Å²) >= 11 is 0. The van der Waals surface area contributed by atoms with Crippen molar-refractivity contribution in [1.82, 2.24) is 10.0 Å². The summed E-state index contributed by atoms with van der Waals surface area (Å²) in [5.74, 6) is -0.414. The van der Waals surface area contributed by atoms with E-state index in [2.05, 4.69) is 10.0 Å². The highest BCUT2D eigenvalue weighted by molar-refractivity contribution is 7.88. The summed E-state index contributed by atoms with van der Waals surface area (Å²) in [6, 6.07) is 5.80. The average molecular weight is 317 g/mol. The van der Waals surface area contributed by atoms with Crippen LogP contribution >= 0.6 is 0 Å². The second-order valence-electron chi connectivity index (χ2n) is 4.28. The van der Waals surface area contributed by atoms with E-state index in [9.17, 15) is 18.5 Å². The molecule has 118 valence electrons. The molecule has 1 rings (SSSR count). The Morgan fingerprint density at radius 1 is 1.24 bits per heavy atom. The van der Waals surface area contributed by atoms with Gasteiger partial charge >= 0.3 is 0 Å². The van der Waals surface area contributed by atoms with Crippen molar-refractivity contribution in [3.05, 3.63) is 39.9 Å². The van der Waals surface area contributed by atoms with Gasteiger partial charge in [0.05, 0.1) is 17.3 Å². The molecule has 0 aromatic heterocycles. The average Bonchev–Trinajstić information content (AvgIpc) is 2.42. The quantitative estimate of drug-likeness (QED) is 0.363. The van der Waals surface area contributed by atoms with E-state index in [0.29, 0.717) is 19.7 Å². The molecule has 0 aliphatic carbocycles. The Balaban J connectivity index is 2.51. The number of nitro benzene ring substituents is 1. The van der Waals surface area contributed by atoms with E-state index in [1.54, 1.807) is 13.2 Å². The van der Waals surface area contributed by atoms with Crippen LogP contribution in [-0.4, -0.2) is 46.7 Å². The fourth-order valence-electron chi connectivity index (χ4n) is 1.66. The lowest BCUT2D eigenvalue weighted by Gasteiger charge is -2.08. The zero-order chi connectivity index (χ0) is 15.7. The fraction of sp³-hybridized carbons (Fsp3) is 0.500. The summed E-state index contributed by atoms with van der Waals surface area (Å²) in [7, 11) is -2.03. The summed E-state index contributed by atoms with van der Waals surface area (Å²) in [6.07, 6.45) is 0. The van der Waals surface area contributed by atoms with E-state index in [4.69, 9.17) is 4.74 Å². The Morgan fingerprint density at radius 2 is 1.95 bits per heavy atom. The SMILES string of the molecule is COCCNCCNS(=O)(=O)Cc1ccccc1[N+](=O)[O-]. The molecule has 8 nitrogen and oxygen atoms in total. The van der Waals surface area contributed by atoms with Crippen molar-refractivity contribution in [3.8, 4) is 0 Å². The van der Waals surface area contributed by atoms with Crippen LogP contribution < -0.4 is 10.0 Å². The van der Waals surface area contributed by atoms with Crippen LogP contribution in [0.3, 0.4) is 0 Å². The first kappa shape index (κ1) is 17.5. The van der Waals surface area contributed by atoms with Crippen LogP contribution in [0.1, 0.15) is 5.56 Å². The zero-order valence-electron chi connectivity index (χ0n) is 11.7. The second-order valence-corrected chi connectivity index (χ2v) is 6.09. The highest BCUT2D eigenvalue weighted by atomic mass is 32.2. The molecular formula is C12H19N3O5S. The predicted octanol–water partition coefficient (Wildman–Crippen LogP) is 0.250. The van der Waals surface area contributed by atoms with Crippen molar-refractivity contribution < 1.29 is 18.1 Å². The Hall–Kier alpha value is -1.55. The van der Waals surface area contributed by atoms with Crippen molar-refractivity contribution in [1.29, 1.82) is 0 Å². The Morgan fingerprint density at radius 3 is 2.62 bits per heavy atom.